The van der Waals surface area contributed by atoms with Gasteiger partial charge in [-0.2, -0.15) is 0 Å². The van der Waals surface area contributed by atoms with E-state index in [9.17, 15) is 9.90 Å². The van der Waals surface area contributed by atoms with Crippen molar-refractivity contribution in [3.63, 3.8) is 0 Å². The second-order valence-corrected chi connectivity index (χ2v) is 7.71. The van der Waals surface area contributed by atoms with Crippen molar-refractivity contribution >= 4 is 11.7 Å². The molecule has 1 aliphatic heterocycles. The number of aliphatic hydroxyl groups is 1. The van der Waals surface area contributed by atoms with Crippen molar-refractivity contribution in [3.05, 3.63) is 113 Å². The first kappa shape index (κ1) is 20.7. The Balaban J connectivity index is 1.69. The lowest BCUT2D eigenvalue weighted by Crippen LogP contribution is -2.53. The standard InChI is InChI=1S/C26H26N2O3/c1-18-13-15-21(16-14-18)24-23(26(30)31-17-20-9-5-3-6-10-20)25(29)19(2)28(27-24)22-11-7-4-8-12-22/h3-16,19,24,27,29H,17H2,1-2H3/t19-,24+/m1/s1. The molecule has 3 aromatic rings. The van der Waals surface area contributed by atoms with Crippen LogP contribution in [0, 0.1) is 6.92 Å². The molecule has 31 heavy (non-hydrogen) atoms. The van der Waals surface area contributed by atoms with Gasteiger partial charge >= 0.3 is 5.97 Å². The second-order valence-electron chi connectivity index (χ2n) is 7.71. The zero-order chi connectivity index (χ0) is 21.8. The van der Waals surface area contributed by atoms with Gasteiger partial charge in [0, 0.05) is 0 Å². The fraction of sp³-hybridized carbons (Fsp3) is 0.192. The van der Waals surface area contributed by atoms with E-state index in [4.69, 9.17) is 4.74 Å². The van der Waals surface area contributed by atoms with Crippen molar-refractivity contribution in [2.24, 2.45) is 0 Å². The first-order valence-electron chi connectivity index (χ1n) is 10.4. The quantitative estimate of drug-likeness (QED) is 0.575. The lowest BCUT2D eigenvalue weighted by atomic mass is 9.93. The fourth-order valence-corrected chi connectivity index (χ4v) is 3.72. The topological polar surface area (TPSA) is 61.8 Å². The summed E-state index contributed by atoms with van der Waals surface area (Å²) in [7, 11) is 0. The van der Waals surface area contributed by atoms with Crippen molar-refractivity contribution in [2.75, 3.05) is 5.01 Å². The molecule has 5 heteroatoms. The first-order chi connectivity index (χ1) is 15.0. The zero-order valence-corrected chi connectivity index (χ0v) is 17.7. The van der Waals surface area contributed by atoms with Gasteiger partial charge in [0.25, 0.3) is 0 Å². The molecule has 1 heterocycles. The molecule has 0 unspecified atom stereocenters. The van der Waals surface area contributed by atoms with Crippen LogP contribution in [0.3, 0.4) is 0 Å². The molecule has 0 fully saturated rings. The van der Waals surface area contributed by atoms with E-state index >= 15 is 0 Å². The Bertz CT molecular complexity index is 1060. The molecule has 0 saturated carbocycles. The van der Waals surface area contributed by atoms with Crippen LogP contribution in [-0.2, 0) is 16.1 Å². The van der Waals surface area contributed by atoms with Crippen LogP contribution in [0.25, 0.3) is 0 Å². The third-order valence-electron chi connectivity index (χ3n) is 5.49. The van der Waals surface area contributed by atoms with E-state index in [1.807, 2.05) is 104 Å². The zero-order valence-electron chi connectivity index (χ0n) is 17.7. The highest BCUT2D eigenvalue weighted by atomic mass is 16.5. The molecule has 158 valence electrons. The average Bonchev–Trinajstić information content (AvgIpc) is 2.81. The van der Waals surface area contributed by atoms with E-state index in [2.05, 4.69) is 5.43 Å². The number of anilines is 1. The number of aryl methyl sites for hydroxylation is 1. The van der Waals surface area contributed by atoms with Gasteiger partial charge in [0.15, 0.2) is 0 Å². The smallest absolute Gasteiger partial charge is 0.339 e. The summed E-state index contributed by atoms with van der Waals surface area (Å²) in [5.74, 6) is -0.523. The van der Waals surface area contributed by atoms with E-state index in [-0.39, 0.29) is 17.9 Å². The average molecular weight is 415 g/mol. The number of aliphatic hydroxyl groups excluding tert-OH is 1. The Morgan fingerprint density at radius 2 is 1.58 bits per heavy atom. The van der Waals surface area contributed by atoms with E-state index in [0.717, 1.165) is 22.4 Å². The number of nitrogens with zero attached hydrogens (tertiary/aromatic N) is 1. The molecule has 0 amide bonds. The largest absolute Gasteiger partial charge is 0.509 e. The van der Waals surface area contributed by atoms with E-state index in [1.54, 1.807) is 0 Å². The first-order valence-corrected chi connectivity index (χ1v) is 10.4. The highest BCUT2D eigenvalue weighted by Crippen LogP contribution is 2.34. The molecule has 5 nitrogen and oxygen atoms in total. The minimum Gasteiger partial charge on any atom is -0.509 e. The van der Waals surface area contributed by atoms with Crippen LogP contribution in [-0.4, -0.2) is 17.1 Å². The van der Waals surface area contributed by atoms with Gasteiger partial charge in [-0.1, -0.05) is 78.4 Å². The number of hydrogen-bond donors (Lipinski definition) is 2. The number of hydrazine groups is 1. The number of ether oxygens (including phenoxy) is 1. The lowest BCUT2D eigenvalue weighted by molar-refractivity contribution is -0.141. The molecule has 0 aliphatic carbocycles. The number of carbonyl (C=O) groups is 1. The predicted molar refractivity (Wildman–Crippen MR) is 121 cm³/mol. The summed E-state index contributed by atoms with van der Waals surface area (Å²) in [5, 5.41) is 13.0. The van der Waals surface area contributed by atoms with Crippen LogP contribution in [0.1, 0.15) is 29.7 Å². The molecule has 2 N–H and O–H groups in total. The Kier molecular flexibility index (Phi) is 6.05. The summed E-state index contributed by atoms with van der Waals surface area (Å²) in [6, 6.07) is 26.2. The number of benzene rings is 3. The second kappa shape index (κ2) is 9.06. The number of esters is 1. The number of para-hydroxylation sites is 1. The Morgan fingerprint density at radius 1 is 0.968 bits per heavy atom. The third kappa shape index (κ3) is 4.47. The minimum atomic E-state index is -0.541. The maximum absolute atomic E-state index is 13.1. The van der Waals surface area contributed by atoms with Crippen molar-refractivity contribution in [3.8, 4) is 0 Å². The summed E-state index contributed by atoms with van der Waals surface area (Å²) in [6.07, 6.45) is 0. The molecule has 0 bridgehead atoms. The minimum absolute atomic E-state index is 0.00578. The monoisotopic (exact) mass is 414 g/mol. The molecule has 0 saturated heterocycles. The van der Waals surface area contributed by atoms with Crippen molar-refractivity contribution < 1.29 is 14.6 Å². The summed E-state index contributed by atoms with van der Waals surface area (Å²) in [4.78, 5) is 13.1. The lowest BCUT2D eigenvalue weighted by Gasteiger charge is -2.40. The molecule has 0 aromatic heterocycles. The van der Waals surface area contributed by atoms with Gasteiger partial charge in [0.2, 0.25) is 0 Å². The normalized spacial score (nSPS) is 18.7. The van der Waals surface area contributed by atoms with Crippen LogP contribution in [0.2, 0.25) is 0 Å². The highest BCUT2D eigenvalue weighted by Gasteiger charge is 2.38. The highest BCUT2D eigenvalue weighted by molar-refractivity contribution is 5.91. The molecule has 0 spiro atoms. The number of rotatable bonds is 5. The van der Waals surface area contributed by atoms with Gasteiger partial charge in [0.1, 0.15) is 18.4 Å². The third-order valence-corrected chi connectivity index (χ3v) is 5.49. The van der Waals surface area contributed by atoms with Gasteiger partial charge < -0.3 is 9.84 Å². The summed E-state index contributed by atoms with van der Waals surface area (Å²) in [5.41, 5.74) is 7.45. The number of carbonyl (C=O) groups excluding carboxylic acids is 1. The van der Waals surface area contributed by atoms with Gasteiger partial charge in [-0.15, -0.1) is 0 Å². The maximum Gasteiger partial charge on any atom is 0.339 e. The molecule has 3 aromatic carbocycles. The Hall–Kier alpha value is -3.57. The van der Waals surface area contributed by atoms with Crippen LogP contribution in [0.15, 0.2) is 96.3 Å². The molecule has 2 atom stereocenters. The van der Waals surface area contributed by atoms with Crippen molar-refractivity contribution in [1.82, 2.24) is 5.43 Å². The Morgan fingerprint density at radius 3 is 2.23 bits per heavy atom. The van der Waals surface area contributed by atoms with E-state index in [0.29, 0.717) is 0 Å². The molecule has 0 radical (unpaired) electrons. The molecular weight excluding hydrogens is 388 g/mol. The van der Waals surface area contributed by atoms with Gasteiger partial charge in [-0.25, -0.2) is 10.2 Å². The van der Waals surface area contributed by atoms with Gasteiger partial charge in [0.05, 0.1) is 17.3 Å². The Labute approximate surface area is 182 Å². The maximum atomic E-state index is 13.1. The molecular formula is C26H26N2O3. The summed E-state index contributed by atoms with van der Waals surface area (Å²) < 4.78 is 5.59. The fourth-order valence-electron chi connectivity index (χ4n) is 3.72. The molecule has 4 rings (SSSR count). The van der Waals surface area contributed by atoms with Crippen molar-refractivity contribution in [1.29, 1.82) is 0 Å². The van der Waals surface area contributed by atoms with Gasteiger partial charge in [-0.3, -0.25) is 5.01 Å². The summed E-state index contributed by atoms with van der Waals surface area (Å²) >= 11 is 0. The SMILES string of the molecule is Cc1ccc([C@@H]2NN(c3ccccc3)[C@H](C)C(O)=C2C(=O)OCc2ccccc2)cc1. The summed E-state index contributed by atoms with van der Waals surface area (Å²) in [6.45, 7) is 4.01. The molecule has 1 aliphatic rings. The predicted octanol–water partition coefficient (Wildman–Crippen LogP) is 5.00. The van der Waals surface area contributed by atoms with E-state index < -0.39 is 18.1 Å². The van der Waals surface area contributed by atoms with Crippen molar-refractivity contribution in [2.45, 2.75) is 32.5 Å². The number of nitrogens with one attached hydrogen (secondary N) is 1. The van der Waals surface area contributed by atoms with Crippen LogP contribution >= 0.6 is 0 Å². The van der Waals surface area contributed by atoms with E-state index in [1.165, 1.54) is 0 Å². The van der Waals surface area contributed by atoms with Crippen LogP contribution in [0.4, 0.5) is 5.69 Å². The number of hydrogen-bond acceptors (Lipinski definition) is 5. The van der Waals surface area contributed by atoms with Crippen LogP contribution < -0.4 is 10.4 Å². The van der Waals surface area contributed by atoms with Gasteiger partial charge in [-0.05, 0) is 37.1 Å². The van der Waals surface area contributed by atoms with Crippen LogP contribution in [0.5, 0.6) is 0 Å².